The van der Waals surface area contributed by atoms with Crippen LogP contribution in [-0.4, -0.2) is 48.8 Å². The highest BCUT2D eigenvalue weighted by molar-refractivity contribution is 6.60. The van der Waals surface area contributed by atoms with Gasteiger partial charge in [-0.1, -0.05) is 6.58 Å². The van der Waals surface area contributed by atoms with Crippen molar-refractivity contribution in [3.8, 4) is 0 Å². The van der Waals surface area contributed by atoms with Crippen LogP contribution >= 0.6 is 0 Å². The van der Waals surface area contributed by atoms with Gasteiger partial charge >= 0.3 is 14.8 Å². The Hall–Kier alpha value is -1.31. The van der Waals surface area contributed by atoms with E-state index in [1.807, 2.05) is 0 Å². The van der Waals surface area contributed by atoms with Crippen LogP contribution in [0.5, 0.6) is 0 Å². The summed E-state index contributed by atoms with van der Waals surface area (Å²) >= 11 is 0. The Morgan fingerprint density at radius 2 is 1.68 bits per heavy atom. The summed E-state index contributed by atoms with van der Waals surface area (Å²) in [5.41, 5.74) is 0.397. The molecule has 0 saturated carbocycles. The number of nitrogens with one attached hydrogen (secondary N) is 1. The minimum Gasteiger partial charge on any atom is -0.462 e. The van der Waals surface area contributed by atoms with Crippen LogP contribution in [0.2, 0.25) is 6.04 Å². The van der Waals surface area contributed by atoms with Gasteiger partial charge in [0, 0.05) is 32.9 Å². The Balaban J connectivity index is 0. The zero-order valence-electron chi connectivity index (χ0n) is 11.8. The van der Waals surface area contributed by atoms with Gasteiger partial charge in [-0.15, -0.1) is 0 Å². The molecule has 0 aromatic heterocycles. The van der Waals surface area contributed by atoms with Crippen molar-refractivity contribution in [2.75, 3.05) is 27.9 Å². The van der Waals surface area contributed by atoms with Crippen LogP contribution in [0.25, 0.3) is 0 Å². The smallest absolute Gasteiger partial charge is 0.462 e. The van der Waals surface area contributed by atoms with Crippen molar-refractivity contribution in [3.05, 3.63) is 12.2 Å². The van der Waals surface area contributed by atoms with Gasteiger partial charge < -0.3 is 18.0 Å². The van der Waals surface area contributed by atoms with Gasteiger partial charge in [-0.3, -0.25) is 0 Å². The van der Waals surface area contributed by atoms with E-state index in [2.05, 4.69) is 6.58 Å². The molecule has 110 valence electrons. The van der Waals surface area contributed by atoms with Gasteiger partial charge in [-0.2, -0.15) is 0 Å². The van der Waals surface area contributed by atoms with Crippen molar-refractivity contribution < 1.29 is 27.6 Å². The van der Waals surface area contributed by atoms with E-state index >= 15 is 0 Å². The number of rotatable bonds is 8. The number of isocyanates is 1. The molecule has 0 aliphatic carbocycles. The van der Waals surface area contributed by atoms with Crippen LogP contribution in [-0.2, 0) is 27.6 Å². The van der Waals surface area contributed by atoms with Crippen LogP contribution in [0.15, 0.2) is 12.2 Å². The summed E-state index contributed by atoms with van der Waals surface area (Å²) in [4.78, 5) is 19.4. The van der Waals surface area contributed by atoms with Crippen LogP contribution in [0, 0.1) is 5.41 Å². The van der Waals surface area contributed by atoms with Crippen LogP contribution in [0.1, 0.15) is 13.3 Å². The molecule has 0 aliphatic rings. The first-order valence-corrected chi connectivity index (χ1v) is 7.38. The van der Waals surface area contributed by atoms with E-state index in [0.29, 0.717) is 24.6 Å². The Morgan fingerprint density at radius 3 is 2.00 bits per heavy atom. The molecule has 0 heterocycles. The van der Waals surface area contributed by atoms with Gasteiger partial charge in [-0.05, 0) is 13.3 Å². The van der Waals surface area contributed by atoms with E-state index in [1.165, 1.54) is 0 Å². The molecule has 0 unspecified atom stereocenters. The van der Waals surface area contributed by atoms with Crippen molar-refractivity contribution in [2.45, 2.75) is 19.4 Å². The highest BCUT2D eigenvalue weighted by atomic mass is 28.4. The molecular formula is C11H21NO6Si. The summed E-state index contributed by atoms with van der Waals surface area (Å²) in [5.74, 6) is -0.375. The van der Waals surface area contributed by atoms with E-state index in [0.717, 1.165) is 6.08 Å². The second-order valence-electron chi connectivity index (χ2n) is 3.42. The third-order valence-electron chi connectivity index (χ3n) is 2.14. The van der Waals surface area contributed by atoms with Crippen molar-refractivity contribution in [1.82, 2.24) is 0 Å². The highest BCUT2D eigenvalue weighted by Crippen LogP contribution is 2.14. The summed E-state index contributed by atoms with van der Waals surface area (Å²) in [6.07, 6.45) is 1.39. The predicted molar refractivity (Wildman–Crippen MR) is 70.4 cm³/mol. The fourth-order valence-electron chi connectivity index (χ4n) is 1.13. The Kier molecular flexibility index (Phi) is 12.4. The van der Waals surface area contributed by atoms with Crippen molar-refractivity contribution in [3.63, 3.8) is 0 Å². The Bertz CT molecular complexity index is 302. The minimum atomic E-state index is -2.53. The standard InChI is InChI=1S/C10H20O5Si.CHNO/c1-9(2)10(11)15-7-6-8-16(12-3,13-4)14-5;2-1-3/h1,6-8H2,2-5H3;2H. The summed E-state index contributed by atoms with van der Waals surface area (Å²) in [5, 5.41) is 5.40. The minimum absolute atomic E-state index is 0.316. The molecule has 0 rings (SSSR count). The maximum absolute atomic E-state index is 11.1. The molecular weight excluding hydrogens is 270 g/mol. The highest BCUT2D eigenvalue weighted by Gasteiger charge is 2.36. The lowest BCUT2D eigenvalue weighted by molar-refractivity contribution is -0.139. The van der Waals surface area contributed by atoms with Gasteiger partial charge in [0.25, 0.3) is 0 Å². The second kappa shape index (κ2) is 11.8. The zero-order valence-corrected chi connectivity index (χ0v) is 12.8. The molecule has 19 heavy (non-hydrogen) atoms. The van der Waals surface area contributed by atoms with E-state index in [9.17, 15) is 4.79 Å². The topological polar surface area (TPSA) is 94.9 Å². The number of hydrogen-bond donors (Lipinski definition) is 1. The van der Waals surface area contributed by atoms with E-state index < -0.39 is 8.80 Å². The van der Waals surface area contributed by atoms with Crippen molar-refractivity contribution in [1.29, 1.82) is 5.41 Å². The van der Waals surface area contributed by atoms with Crippen LogP contribution in [0.3, 0.4) is 0 Å². The maximum Gasteiger partial charge on any atom is 0.500 e. The van der Waals surface area contributed by atoms with Gasteiger partial charge in [0.1, 0.15) is 0 Å². The van der Waals surface area contributed by atoms with E-state index in [1.54, 1.807) is 28.3 Å². The average molecular weight is 291 g/mol. The molecule has 7 nitrogen and oxygen atoms in total. The number of hydrogen-bond acceptors (Lipinski definition) is 7. The molecule has 0 saturated heterocycles. The largest absolute Gasteiger partial charge is 0.500 e. The third-order valence-corrected chi connectivity index (χ3v) is 4.97. The predicted octanol–water partition coefficient (Wildman–Crippen LogP) is 1.27. The van der Waals surface area contributed by atoms with E-state index in [4.69, 9.17) is 28.2 Å². The average Bonchev–Trinajstić information content (AvgIpc) is 2.40. The number of ether oxygens (including phenoxy) is 1. The lowest BCUT2D eigenvalue weighted by atomic mass is 10.4. The third kappa shape index (κ3) is 9.29. The van der Waals surface area contributed by atoms with Gasteiger partial charge in [0.2, 0.25) is 6.08 Å². The monoisotopic (exact) mass is 291 g/mol. The molecule has 0 aliphatic heterocycles. The summed E-state index contributed by atoms with van der Waals surface area (Å²) in [6, 6.07) is 0.611. The van der Waals surface area contributed by atoms with Gasteiger partial charge in [-0.25, -0.2) is 15.0 Å². The lowest BCUT2D eigenvalue weighted by Gasteiger charge is -2.24. The normalized spacial score (nSPS) is 9.89. The fraction of sp³-hybridized carbons (Fsp3) is 0.636. The summed E-state index contributed by atoms with van der Waals surface area (Å²) < 4.78 is 20.6. The molecule has 0 amide bonds. The SMILES string of the molecule is C=C(C)C(=O)OCCC[Si](OC)(OC)OC.N=C=O. The first kappa shape index (κ1) is 20.0. The number of esters is 1. The van der Waals surface area contributed by atoms with Crippen molar-refractivity contribution in [2.24, 2.45) is 0 Å². The molecule has 0 aromatic rings. The first-order chi connectivity index (χ1) is 8.92. The number of carbonyl (C=O) groups excluding carboxylic acids is 2. The molecule has 0 spiro atoms. The molecule has 1 N–H and O–H groups in total. The zero-order chi connectivity index (χ0) is 15.3. The summed E-state index contributed by atoms with van der Waals surface area (Å²) in [6.45, 7) is 5.42. The van der Waals surface area contributed by atoms with Gasteiger partial charge in [0.15, 0.2) is 0 Å². The van der Waals surface area contributed by atoms with Crippen LogP contribution in [0.4, 0.5) is 0 Å². The maximum atomic E-state index is 11.1. The van der Waals surface area contributed by atoms with Crippen molar-refractivity contribution >= 4 is 20.9 Å². The van der Waals surface area contributed by atoms with E-state index in [-0.39, 0.29) is 5.97 Å². The molecule has 0 radical (unpaired) electrons. The fourth-order valence-corrected chi connectivity index (χ4v) is 2.82. The Labute approximate surface area is 114 Å². The molecule has 0 bridgehead atoms. The second-order valence-corrected chi connectivity index (χ2v) is 6.51. The quantitative estimate of drug-likeness (QED) is 0.181. The first-order valence-electron chi connectivity index (χ1n) is 5.45. The lowest BCUT2D eigenvalue weighted by Crippen LogP contribution is -2.42. The van der Waals surface area contributed by atoms with Gasteiger partial charge in [0.05, 0.1) is 6.61 Å². The molecule has 8 heteroatoms. The summed E-state index contributed by atoms with van der Waals surface area (Å²) in [7, 11) is 2.13. The van der Waals surface area contributed by atoms with Crippen LogP contribution < -0.4 is 0 Å². The molecule has 0 atom stereocenters. The number of carbonyl (C=O) groups is 1. The molecule has 0 aromatic carbocycles. The Morgan fingerprint density at radius 1 is 1.26 bits per heavy atom. The molecule has 0 fully saturated rings.